The summed E-state index contributed by atoms with van der Waals surface area (Å²) in [6.45, 7) is 10.4. The topological polar surface area (TPSA) is 68.7 Å². The molecule has 0 unspecified atom stereocenters. The van der Waals surface area contributed by atoms with Gasteiger partial charge in [-0.15, -0.1) is 0 Å². The van der Waals surface area contributed by atoms with Crippen molar-refractivity contribution in [2.75, 3.05) is 6.54 Å². The number of imide groups is 1. The number of hydrogen-bond acceptors (Lipinski definition) is 5. The molecular formula is C17H24BrClN2O4. The summed E-state index contributed by atoms with van der Waals surface area (Å²) in [7, 11) is 0. The van der Waals surface area contributed by atoms with Crippen LogP contribution in [0.2, 0.25) is 5.02 Å². The monoisotopic (exact) mass is 434 g/mol. The van der Waals surface area contributed by atoms with E-state index in [-0.39, 0.29) is 6.54 Å². The zero-order valence-corrected chi connectivity index (χ0v) is 17.7. The van der Waals surface area contributed by atoms with E-state index in [1.54, 1.807) is 53.8 Å². The van der Waals surface area contributed by atoms with E-state index in [1.807, 2.05) is 0 Å². The van der Waals surface area contributed by atoms with Gasteiger partial charge in [-0.1, -0.05) is 11.6 Å². The number of aromatic nitrogens is 1. The molecule has 0 atom stereocenters. The molecule has 2 amide bonds. The predicted octanol–water partition coefficient (Wildman–Crippen LogP) is 5.21. The van der Waals surface area contributed by atoms with Crippen LogP contribution in [0.15, 0.2) is 16.9 Å². The molecule has 0 radical (unpaired) electrons. The Morgan fingerprint density at radius 3 is 2.00 bits per heavy atom. The maximum Gasteiger partial charge on any atom is 0.419 e. The molecule has 0 bridgehead atoms. The number of hydrogen-bond donors (Lipinski definition) is 0. The Kier molecular flexibility index (Phi) is 7.26. The van der Waals surface area contributed by atoms with Gasteiger partial charge in [-0.25, -0.2) is 19.5 Å². The highest BCUT2D eigenvalue weighted by Gasteiger charge is 2.31. The van der Waals surface area contributed by atoms with Crippen LogP contribution < -0.4 is 0 Å². The van der Waals surface area contributed by atoms with E-state index in [4.69, 9.17) is 21.1 Å². The minimum atomic E-state index is -0.766. The normalized spacial score (nSPS) is 11.8. The fourth-order valence-corrected chi connectivity index (χ4v) is 2.67. The lowest BCUT2D eigenvalue weighted by Gasteiger charge is -2.28. The van der Waals surface area contributed by atoms with Crippen molar-refractivity contribution in [3.8, 4) is 0 Å². The van der Waals surface area contributed by atoms with Crippen molar-refractivity contribution in [2.24, 2.45) is 0 Å². The van der Waals surface area contributed by atoms with Gasteiger partial charge in [-0.05, 0) is 70.0 Å². The van der Waals surface area contributed by atoms with Gasteiger partial charge in [-0.3, -0.25) is 0 Å². The van der Waals surface area contributed by atoms with E-state index >= 15 is 0 Å². The van der Waals surface area contributed by atoms with Gasteiger partial charge in [0.05, 0.1) is 0 Å². The van der Waals surface area contributed by atoms with Crippen molar-refractivity contribution in [3.05, 3.63) is 27.5 Å². The summed E-state index contributed by atoms with van der Waals surface area (Å²) in [5.41, 5.74) is -0.769. The third-order valence-electron chi connectivity index (χ3n) is 2.76. The maximum atomic E-state index is 12.4. The highest BCUT2D eigenvalue weighted by atomic mass is 79.9. The minimum absolute atomic E-state index is 0.0494. The van der Waals surface area contributed by atoms with Crippen molar-refractivity contribution < 1.29 is 19.1 Å². The first kappa shape index (κ1) is 21.7. The van der Waals surface area contributed by atoms with Gasteiger partial charge in [0.1, 0.15) is 15.8 Å². The summed E-state index contributed by atoms with van der Waals surface area (Å²) < 4.78 is 11.2. The van der Waals surface area contributed by atoms with Crippen LogP contribution in [-0.2, 0) is 15.9 Å². The summed E-state index contributed by atoms with van der Waals surface area (Å²) in [6.07, 6.45) is 0.344. The van der Waals surface area contributed by atoms with Crippen LogP contribution in [0.3, 0.4) is 0 Å². The molecule has 140 valence electrons. The highest BCUT2D eigenvalue weighted by molar-refractivity contribution is 9.10. The molecule has 0 fully saturated rings. The number of rotatable bonds is 3. The molecule has 0 saturated carbocycles. The lowest BCUT2D eigenvalue weighted by atomic mass is 10.2. The first-order valence-corrected chi connectivity index (χ1v) is 8.99. The fourth-order valence-electron chi connectivity index (χ4n) is 1.78. The van der Waals surface area contributed by atoms with E-state index in [0.29, 0.717) is 21.6 Å². The van der Waals surface area contributed by atoms with E-state index in [2.05, 4.69) is 20.9 Å². The molecule has 0 N–H and O–H groups in total. The van der Waals surface area contributed by atoms with E-state index < -0.39 is 23.4 Å². The first-order valence-electron chi connectivity index (χ1n) is 7.82. The number of carbonyl (C=O) groups excluding carboxylic acids is 2. The zero-order valence-electron chi connectivity index (χ0n) is 15.4. The summed E-state index contributed by atoms with van der Waals surface area (Å²) in [5, 5.41) is 0.496. The summed E-state index contributed by atoms with van der Waals surface area (Å²) in [5.74, 6) is 0. The summed E-state index contributed by atoms with van der Waals surface area (Å²) in [4.78, 5) is 29.9. The van der Waals surface area contributed by atoms with Gasteiger partial charge in [0.25, 0.3) is 0 Å². The quantitative estimate of drug-likeness (QED) is 0.609. The average molecular weight is 436 g/mol. The largest absolute Gasteiger partial charge is 0.443 e. The van der Waals surface area contributed by atoms with E-state index in [1.165, 1.54) is 0 Å². The van der Waals surface area contributed by atoms with E-state index in [0.717, 1.165) is 4.90 Å². The third-order valence-corrected chi connectivity index (χ3v) is 3.80. The van der Waals surface area contributed by atoms with Crippen LogP contribution >= 0.6 is 27.5 Å². The van der Waals surface area contributed by atoms with Crippen molar-refractivity contribution in [3.63, 3.8) is 0 Å². The number of nitrogens with zero attached hydrogens (tertiary/aromatic N) is 2. The molecule has 0 aliphatic heterocycles. The van der Waals surface area contributed by atoms with Crippen LogP contribution in [0.25, 0.3) is 0 Å². The second-order valence-electron chi connectivity index (χ2n) is 7.42. The molecule has 0 aromatic carbocycles. The van der Waals surface area contributed by atoms with Crippen molar-refractivity contribution in [2.45, 2.75) is 59.2 Å². The highest BCUT2D eigenvalue weighted by Crippen LogP contribution is 2.24. The molecule has 1 rings (SSSR count). The Morgan fingerprint density at radius 1 is 1.12 bits per heavy atom. The number of halogens is 2. The summed E-state index contributed by atoms with van der Waals surface area (Å²) >= 11 is 9.49. The van der Waals surface area contributed by atoms with Gasteiger partial charge in [0.2, 0.25) is 0 Å². The first-order chi connectivity index (χ1) is 11.3. The number of carbonyl (C=O) groups is 2. The van der Waals surface area contributed by atoms with Gasteiger partial charge in [0.15, 0.2) is 0 Å². The second kappa shape index (κ2) is 8.36. The number of amides is 2. The maximum absolute atomic E-state index is 12.4. The summed E-state index contributed by atoms with van der Waals surface area (Å²) in [6, 6.07) is 1.65. The minimum Gasteiger partial charge on any atom is -0.443 e. The molecule has 6 nitrogen and oxygen atoms in total. The molecule has 8 heteroatoms. The zero-order chi connectivity index (χ0) is 19.4. The van der Waals surface area contributed by atoms with Crippen LogP contribution in [0.4, 0.5) is 9.59 Å². The molecule has 1 heterocycles. The van der Waals surface area contributed by atoms with Crippen molar-refractivity contribution in [1.29, 1.82) is 0 Å². The Hall–Kier alpha value is -1.34. The van der Waals surface area contributed by atoms with Gasteiger partial charge < -0.3 is 9.47 Å². The predicted molar refractivity (Wildman–Crippen MR) is 99.8 cm³/mol. The smallest absolute Gasteiger partial charge is 0.419 e. The molecular weight excluding hydrogens is 412 g/mol. The second-order valence-corrected chi connectivity index (χ2v) is 8.58. The Labute approximate surface area is 162 Å². The molecule has 1 aromatic rings. The third kappa shape index (κ3) is 7.61. The van der Waals surface area contributed by atoms with Crippen LogP contribution in [-0.4, -0.2) is 39.8 Å². The Balaban J connectivity index is 2.98. The lowest BCUT2D eigenvalue weighted by Crippen LogP contribution is -2.44. The van der Waals surface area contributed by atoms with Crippen LogP contribution in [0.1, 0.15) is 47.1 Å². The van der Waals surface area contributed by atoms with Gasteiger partial charge >= 0.3 is 12.2 Å². The molecule has 1 aromatic heterocycles. The lowest BCUT2D eigenvalue weighted by molar-refractivity contribution is 0.00170. The van der Waals surface area contributed by atoms with Gasteiger partial charge in [0, 0.05) is 23.3 Å². The standard InChI is InChI=1S/C17H24BrClN2O4/c1-16(2,3)24-14(22)21(15(23)25-17(4,5)6)10-8-11-12(19)7-9-20-13(11)18/h7,9H,8,10H2,1-6H3. The molecule has 0 saturated heterocycles. The van der Waals surface area contributed by atoms with Crippen molar-refractivity contribution >= 4 is 39.7 Å². The van der Waals surface area contributed by atoms with Crippen LogP contribution in [0, 0.1) is 0 Å². The molecule has 0 aliphatic carbocycles. The fraction of sp³-hybridized carbons (Fsp3) is 0.588. The van der Waals surface area contributed by atoms with E-state index in [9.17, 15) is 9.59 Å². The SMILES string of the molecule is CC(C)(C)OC(=O)N(CCc1c(Cl)ccnc1Br)C(=O)OC(C)(C)C. The van der Waals surface area contributed by atoms with Crippen molar-refractivity contribution in [1.82, 2.24) is 9.88 Å². The molecule has 0 aliphatic rings. The molecule has 25 heavy (non-hydrogen) atoms. The van der Waals surface area contributed by atoms with Crippen LogP contribution in [0.5, 0.6) is 0 Å². The Morgan fingerprint density at radius 2 is 1.60 bits per heavy atom. The Bertz CT molecular complexity index is 590. The van der Waals surface area contributed by atoms with Gasteiger partial charge in [-0.2, -0.15) is 0 Å². The molecule has 0 spiro atoms. The number of pyridine rings is 1. The number of ether oxygens (including phenoxy) is 2. The average Bonchev–Trinajstić information content (AvgIpc) is 2.37.